The van der Waals surface area contributed by atoms with Gasteiger partial charge in [0, 0.05) is 29.5 Å². The van der Waals surface area contributed by atoms with E-state index in [1.807, 2.05) is 12.1 Å². The van der Waals surface area contributed by atoms with E-state index in [9.17, 15) is 0 Å². The molecule has 1 saturated heterocycles. The first-order chi connectivity index (χ1) is 9.61. The molecule has 0 amide bonds. The van der Waals surface area contributed by atoms with Crippen LogP contribution in [0.15, 0.2) is 28.7 Å². The summed E-state index contributed by atoms with van der Waals surface area (Å²) in [5, 5.41) is 4.72. The van der Waals surface area contributed by atoms with Crippen molar-refractivity contribution in [1.29, 1.82) is 0 Å². The van der Waals surface area contributed by atoms with Gasteiger partial charge in [0.05, 0.1) is 6.61 Å². The van der Waals surface area contributed by atoms with Crippen LogP contribution in [0.2, 0.25) is 0 Å². The van der Waals surface area contributed by atoms with Crippen molar-refractivity contribution in [2.75, 3.05) is 19.7 Å². The van der Waals surface area contributed by atoms with Crippen LogP contribution in [0, 0.1) is 5.41 Å². The van der Waals surface area contributed by atoms with Gasteiger partial charge >= 0.3 is 0 Å². The van der Waals surface area contributed by atoms with Crippen LogP contribution in [0.1, 0.15) is 38.2 Å². The number of benzene rings is 1. The summed E-state index contributed by atoms with van der Waals surface area (Å²) < 4.78 is 12.2. The van der Waals surface area contributed by atoms with E-state index in [2.05, 4.69) is 38.2 Å². The summed E-state index contributed by atoms with van der Waals surface area (Å²) in [5.41, 5.74) is 2.42. The molecule has 1 unspecified atom stereocenters. The smallest absolute Gasteiger partial charge is 0.138 e. The molecule has 2 heterocycles. The lowest BCUT2D eigenvalue weighted by atomic mass is 9.95. The predicted octanol–water partition coefficient (Wildman–Crippen LogP) is 3.68. The molecule has 0 saturated carbocycles. The van der Waals surface area contributed by atoms with Crippen LogP contribution in [-0.4, -0.2) is 19.7 Å². The summed E-state index contributed by atoms with van der Waals surface area (Å²) in [6, 6.07) is 8.25. The van der Waals surface area contributed by atoms with Gasteiger partial charge < -0.3 is 14.5 Å². The quantitative estimate of drug-likeness (QED) is 0.906. The molecule has 0 aliphatic carbocycles. The number of hydrogen-bond donors (Lipinski definition) is 1. The van der Waals surface area contributed by atoms with Gasteiger partial charge in [0.15, 0.2) is 0 Å². The molecular weight excluding hydrogens is 250 g/mol. The lowest BCUT2D eigenvalue weighted by molar-refractivity contribution is 0.0149. The number of fused-ring (bicyclic) bond motifs is 1. The molecule has 1 aromatic carbocycles. The van der Waals surface area contributed by atoms with Gasteiger partial charge in [-0.3, -0.25) is 0 Å². The van der Waals surface area contributed by atoms with Crippen molar-refractivity contribution in [1.82, 2.24) is 5.32 Å². The van der Waals surface area contributed by atoms with Gasteiger partial charge in [0.25, 0.3) is 0 Å². The Morgan fingerprint density at radius 2 is 2.10 bits per heavy atom. The molecule has 0 radical (unpaired) electrons. The molecule has 108 valence electrons. The highest BCUT2D eigenvalue weighted by atomic mass is 16.5. The number of furan rings is 1. The average Bonchev–Trinajstić information content (AvgIpc) is 2.70. The van der Waals surface area contributed by atoms with Crippen molar-refractivity contribution in [2.24, 2.45) is 5.41 Å². The van der Waals surface area contributed by atoms with Crippen molar-refractivity contribution >= 4 is 11.0 Å². The molecule has 1 aromatic heterocycles. The first kappa shape index (κ1) is 13.7. The van der Waals surface area contributed by atoms with Gasteiger partial charge in [-0.05, 0) is 12.5 Å². The molecule has 3 heteroatoms. The Morgan fingerprint density at radius 3 is 2.90 bits per heavy atom. The van der Waals surface area contributed by atoms with E-state index < -0.39 is 0 Å². The van der Waals surface area contributed by atoms with E-state index >= 15 is 0 Å². The normalized spacial score (nSPS) is 22.9. The third-order valence-electron chi connectivity index (χ3n) is 3.98. The molecule has 1 fully saturated rings. The van der Waals surface area contributed by atoms with Gasteiger partial charge in [-0.2, -0.15) is 0 Å². The largest absolute Gasteiger partial charge is 0.458 e. The van der Waals surface area contributed by atoms with Gasteiger partial charge in [-0.1, -0.05) is 39.0 Å². The Bertz CT molecular complexity index is 600. The Hall–Kier alpha value is -1.32. The molecule has 0 bridgehead atoms. The summed E-state index contributed by atoms with van der Waals surface area (Å²) in [6.07, 6.45) is 0.981. The lowest BCUT2D eigenvalue weighted by Crippen LogP contribution is -2.29. The minimum absolute atomic E-state index is 0.0131. The number of rotatable bonds is 2. The number of ether oxygens (including phenoxy) is 1. The SMILES string of the molecule is CCc1c(C2CNCC(C)(C)CO2)oc2ccccc12. The summed E-state index contributed by atoms with van der Waals surface area (Å²) >= 11 is 0. The summed E-state index contributed by atoms with van der Waals surface area (Å²) in [7, 11) is 0. The number of aryl methyl sites for hydroxylation is 1. The maximum absolute atomic E-state index is 6.12. The first-order valence-corrected chi connectivity index (χ1v) is 7.43. The topological polar surface area (TPSA) is 34.4 Å². The van der Waals surface area contributed by atoms with Crippen molar-refractivity contribution in [3.63, 3.8) is 0 Å². The molecule has 3 rings (SSSR count). The molecule has 1 aliphatic rings. The Kier molecular flexibility index (Phi) is 3.57. The van der Waals surface area contributed by atoms with E-state index in [-0.39, 0.29) is 11.5 Å². The van der Waals surface area contributed by atoms with E-state index in [1.165, 1.54) is 10.9 Å². The fourth-order valence-corrected chi connectivity index (χ4v) is 2.89. The molecule has 1 atom stereocenters. The van der Waals surface area contributed by atoms with E-state index in [1.54, 1.807) is 0 Å². The Labute approximate surface area is 120 Å². The van der Waals surface area contributed by atoms with E-state index in [0.717, 1.165) is 37.5 Å². The molecule has 1 N–H and O–H groups in total. The van der Waals surface area contributed by atoms with Gasteiger partial charge in [-0.15, -0.1) is 0 Å². The third kappa shape index (κ3) is 2.48. The highest BCUT2D eigenvalue weighted by Gasteiger charge is 2.29. The van der Waals surface area contributed by atoms with Crippen molar-refractivity contribution in [3.05, 3.63) is 35.6 Å². The van der Waals surface area contributed by atoms with Gasteiger partial charge in [0.2, 0.25) is 0 Å². The number of para-hydroxylation sites is 1. The lowest BCUT2D eigenvalue weighted by Gasteiger charge is -2.21. The van der Waals surface area contributed by atoms with Crippen LogP contribution in [0.4, 0.5) is 0 Å². The molecule has 20 heavy (non-hydrogen) atoms. The summed E-state index contributed by atoms with van der Waals surface area (Å²) in [6.45, 7) is 9.17. The molecule has 2 aromatic rings. The fourth-order valence-electron chi connectivity index (χ4n) is 2.89. The minimum Gasteiger partial charge on any atom is -0.458 e. The van der Waals surface area contributed by atoms with Crippen molar-refractivity contribution in [3.8, 4) is 0 Å². The van der Waals surface area contributed by atoms with E-state index in [0.29, 0.717) is 0 Å². The zero-order valence-electron chi connectivity index (χ0n) is 12.5. The van der Waals surface area contributed by atoms with Gasteiger partial charge in [-0.25, -0.2) is 0 Å². The second-order valence-electron chi connectivity index (χ2n) is 6.39. The maximum Gasteiger partial charge on any atom is 0.138 e. The van der Waals surface area contributed by atoms with Crippen LogP contribution < -0.4 is 5.32 Å². The average molecular weight is 273 g/mol. The maximum atomic E-state index is 6.12. The monoisotopic (exact) mass is 273 g/mol. The molecule has 3 nitrogen and oxygen atoms in total. The minimum atomic E-state index is 0.0131. The van der Waals surface area contributed by atoms with Crippen LogP contribution in [0.5, 0.6) is 0 Å². The molecule has 1 aliphatic heterocycles. The highest BCUT2D eigenvalue weighted by molar-refractivity contribution is 5.82. The number of hydrogen-bond acceptors (Lipinski definition) is 3. The standard InChI is InChI=1S/C17H23NO2/c1-4-12-13-7-5-6-8-14(13)20-16(12)15-9-18-10-17(2,3)11-19-15/h5-8,15,18H,4,9-11H2,1-3H3. The summed E-state index contributed by atoms with van der Waals surface area (Å²) in [5.74, 6) is 0.999. The Balaban J connectivity index is 1.97. The number of nitrogens with one attached hydrogen (secondary N) is 1. The van der Waals surface area contributed by atoms with Crippen molar-refractivity contribution < 1.29 is 9.15 Å². The molecular formula is C17H23NO2. The van der Waals surface area contributed by atoms with Crippen LogP contribution in [-0.2, 0) is 11.2 Å². The molecule has 0 spiro atoms. The first-order valence-electron chi connectivity index (χ1n) is 7.43. The zero-order chi connectivity index (χ0) is 14.2. The van der Waals surface area contributed by atoms with Crippen molar-refractivity contribution in [2.45, 2.75) is 33.3 Å². The van der Waals surface area contributed by atoms with Crippen LogP contribution in [0.3, 0.4) is 0 Å². The summed E-state index contributed by atoms with van der Waals surface area (Å²) in [4.78, 5) is 0. The Morgan fingerprint density at radius 1 is 1.30 bits per heavy atom. The van der Waals surface area contributed by atoms with E-state index in [4.69, 9.17) is 9.15 Å². The van der Waals surface area contributed by atoms with Crippen LogP contribution in [0.25, 0.3) is 11.0 Å². The third-order valence-corrected chi connectivity index (χ3v) is 3.98. The second kappa shape index (κ2) is 5.23. The van der Waals surface area contributed by atoms with Crippen LogP contribution >= 0.6 is 0 Å². The predicted molar refractivity (Wildman–Crippen MR) is 80.9 cm³/mol. The second-order valence-corrected chi connectivity index (χ2v) is 6.39. The van der Waals surface area contributed by atoms with Gasteiger partial charge in [0.1, 0.15) is 17.4 Å². The highest BCUT2D eigenvalue weighted by Crippen LogP contribution is 2.34. The zero-order valence-corrected chi connectivity index (χ0v) is 12.5. The fraction of sp³-hybridized carbons (Fsp3) is 0.529.